The van der Waals surface area contributed by atoms with Crippen LogP contribution >= 0.6 is 35.0 Å². The molecule has 0 atom stereocenters. The number of nitrogens with zero attached hydrogens (tertiary/aromatic N) is 4. The maximum absolute atomic E-state index is 12.7. The van der Waals surface area contributed by atoms with Crippen molar-refractivity contribution in [2.45, 2.75) is 5.75 Å². The van der Waals surface area contributed by atoms with Gasteiger partial charge >= 0.3 is 0 Å². The standard InChI is InChI=1S/C23H22Cl2N4O2S/c24-18-6-4-5-17(13-18)15-32-16-21(30)28-11-9-27(10-12-28)20-14-26-29(23(31)22(20)25)19-7-2-1-3-8-19/h1-8,13-14H,9-12,15-16H2. The van der Waals surface area contributed by atoms with Gasteiger partial charge in [-0.1, -0.05) is 53.5 Å². The first-order chi connectivity index (χ1) is 15.5. The van der Waals surface area contributed by atoms with Crippen LogP contribution in [-0.2, 0) is 10.5 Å². The number of rotatable bonds is 6. The third-order valence-electron chi connectivity index (χ3n) is 5.26. The second-order valence-corrected chi connectivity index (χ2v) is 9.19. The van der Waals surface area contributed by atoms with Crippen molar-refractivity contribution in [2.75, 3.05) is 36.8 Å². The second kappa shape index (κ2) is 10.4. The second-order valence-electron chi connectivity index (χ2n) is 7.39. The molecule has 1 amide bonds. The van der Waals surface area contributed by atoms with E-state index in [0.29, 0.717) is 48.3 Å². The van der Waals surface area contributed by atoms with Crippen LogP contribution < -0.4 is 10.5 Å². The first kappa shape index (κ1) is 22.7. The third kappa shape index (κ3) is 5.28. The highest BCUT2D eigenvalue weighted by atomic mass is 35.5. The predicted octanol–water partition coefficient (Wildman–Crippen LogP) is 4.12. The normalized spacial score (nSPS) is 13.9. The van der Waals surface area contributed by atoms with Gasteiger partial charge in [-0.05, 0) is 29.8 Å². The molecular formula is C23H22Cl2N4O2S. The molecule has 0 spiro atoms. The van der Waals surface area contributed by atoms with Crippen LogP contribution in [0.2, 0.25) is 10.0 Å². The third-order valence-corrected chi connectivity index (χ3v) is 6.84. The topological polar surface area (TPSA) is 58.4 Å². The average Bonchev–Trinajstić information content (AvgIpc) is 2.81. The fourth-order valence-corrected chi connectivity index (χ4v) is 4.90. The molecule has 1 aliphatic rings. The van der Waals surface area contributed by atoms with Crippen molar-refractivity contribution in [2.24, 2.45) is 0 Å². The predicted molar refractivity (Wildman–Crippen MR) is 131 cm³/mol. The number of amides is 1. The summed E-state index contributed by atoms with van der Waals surface area (Å²) in [5, 5.41) is 5.14. The van der Waals surface area contributed by atoms with Gasteiger partial charge in [0.05, 0.1) is 23.3 Å². The number of para-hydroxylation sites is 1. The van der Waals surface area contributed by atoms with E-state index >= 15 is 0 Å². The minimum absolute atomic E-state index is 0.111. The van der Waals surface area contributed by atoms with E-state index in [4.69, 9.17) is 23.2 Å². The Balaban J connectivity index is 1.33. The van der Waals surface area contributed by atoms with Crippen molar-refractivity contribution in [3.63, 3.8) is 0 Å². The number of piperazine rings is 1. The SMILES string of the molecule is O=C(CSCc1cccc(Cl)c1)N1CCN(c2cnn(-c3ccccc3)c(=O)c2Cl)CC1. The van der Waals surface area contributed by atoms with Gasteiger partial charge in [0, 0.05) is 37.0 Å². The molecule has 9 heteroatoms. The van der Waals surface area contributed by atoms with Crippen molar-refractivity contribution in [1.29, 1.82) is 0 Å². The van der Waals surface area contributed by atoms with Crippen LogP contribution in [0.3, 0.4) is 0 Å². The van der Waals surface area contributed by atoms with E-state index in [1.165, 1.54) is 4.68 Å². The van der Waals surface area contributed by atoms with E-state index in [1.54, 1.807) is 30.1 Å². The van der Waals surface area contributed by atoms with Crippen LogP contribution in [0, 0.1) is 0 Å². The average molecular weight is 489 g/mol. The Hall–Kier alpha value is -2.48. The Bertz CT molecular complexity index is 1150. The van der Waals surface area contributed by atoms with Crippen LogP contribution in [0.4, 0.5) is 5.69 Å². The van der Waals surface area contributed by atoms with Gasteiger partial charge in [0.25, 0.3) is 5.56 Å². The number of hydrogen-bond acceptors (Lipinski definition) is 5. The van der Waals surface area contributed by atoms with Crippen molar-refractivity contribution in [3.05, 3.63) is 86.8 Å². The maximum Gasteiger partial charge on any atom is 0.292 e. The number of aromatic nitrogens is 2. The zero-order chi connectivity index (χ0) is 22.5. The van der Waals surface area contributed by atoms with E-state index in [-0.39, 0.29) is 16.5 Å². The van der Waals surface area contributed by atoms with Crippen LogP contribution in [0.1, 0.15) is 5.56 Å². The molecule has 2 aromatic carbocycles. The molecule has 1 saturated heterocycles. The molecule has 4 rings (SSSR count). The Labute approximate surface area is 200 Å². The van der Waals surface area contributed by atoms with Gasteiger partial charge in [0.15, 0.2) is 0 Å². The van der Waals surface area contributed by atoms with Crippen molar-refractivity contribution in [3.8, 4) is 5.69 Å². The zero-order valence-electron chi connectivity index (χ0n) is 17.3. The highest BCUT2D eigenvalue weighted by Crippen LogP contribution is 2.23. The summed E-state index contributed by atoms with van der Waals surface area (Å²) in [6.07, 6.45) is 1.62. The molecule has 1 fully saturated rings. The number of anilines is 1. The zero-order valence-corrected chi connectivity index (χ0v) is 19.6. The van der Waals surface area contributed by atoms with Gasteiger partial charge in [-0.15, -0.1) is 11.8 Å². The van der Waals surface area contributed by atoms with E-state index in [2.05, 4.69) is 5.10 Å². The summed E-state index contributed by atoms with van der Waals surface area (Å²) in [6, 6.07) is 16.8. The molecular weight excluding hydrogens is 467 g/mol. The summed E-state index contributed by atoms with van der Waals surface area (Å²) in [5.74, 6) is 1.27. The van der Waals surface area contributed by atoms with Crippen LogP contribution in [0.5, 0.6) is 0 Å². The minimum Gasteiger partial charge on any atom is -0.365 e. The summed E-state index contributed by atoms with van der Waals surface area (Å²) in [6.45, 7) is 2.35. The number of benzene rings is 2. The summed E-state index contributed by atoms with van der Waals surface area (Å²) >= 11 is 14.0. The molecule has 0 bridgehead atoms. The molecule has 166 valence electrons. The van der Waals surface area contributed by atoms with Gasteiger partial charge in [-0.25, -0.2) is 0 Å². The number of hydrogen-bond donors (Lipinski definition) is 0. The van der Waals surface area contributed by atoms with Crippen LogP contribution in [0.15, 0.2) is 65.6 Å². The minimum atomic E-state index is -0.355. The molecule has 0 unspecified atom stereocenters. The quantitative estimate of drug-likeness (QED) is 0.522. The van der Waals surface area contributed by atoms with Gasteiger partial charge in [0.2, 0.25) is 5.91 Å². The Morgan fingerprint density at radius 3 is 2.47 bits per heavy atom. The molecule has 2 heterocycles. The van der Waals surface area contributed by atoms with Crippen molar-refractivity contribution < 1.29 is 4.79 Å². The monoisotopic (exact) mass is 488 g/mol. The van der Waals surface area contributed by atoms with E-state index in [9.17, 15) is 9.59 Å². The molecule has 1 aliphatic heterocycles. The molecule has 6 nitrogen and oxygen atoms in total. The first-order valence-electron chi connectivity index (χ1n) is 10.2. The van der Waals surface area contributed by atoms with Crippen LogP contribution in [-0.4, -0.2) is 52.5 Å². The fourth-order valence-electron chi connectivity index (χ4n) is 3.57. The number of halogens is 2. The van der Waals surface area contributed by atoms with Crippen LogP contribution in [0.25, 0.3) is 5.69 Å². The highest BCUT2D eigenvalue weighted by molar-refractivity contribution is 7.99. The molecule has 0 aliphatic carbocycles. The molecule has 32 heavy (non-hydrogen) atoms. The number of carbonyl (C=O) groups is 1. The van der Waals surface area contributed by atoms with E-state index in [1.807, 2.05) is 52.3 Å². The van der Waals surface area contributed by atoms with Crippen molar-refractivity contribution >= 4 is 46.6 Å². The van der Waals surface area contributed by atoms with Gasteiger partial charge in [-0.3, -0.25) is 9.59 Å². The summed E-state index contributed by atoms with van der Waals surface area (Å²) < 4.78 is 1.29. The summed E-state index contributed by atoms with van der Waals surface area (Å²) in [7, 11) is 0. The molecule has 0 saturated carbocycles. The summed E-state index contributed by atoms with van der Waals surface area (Å²) in [5.41, 5.74) is 2.02. The van der Waals surface area contributed by atoms with Gasteiger partial charge < -0.3 is 9.80 Å². The number of thioether (sulfide) groups is 1. The van der Waals surface area contributed by atoms with Gasteiger partial charge in [-0.2, -0.15) is 9.78 Å². The summed E-state index contributed by atoms with van der Waals surface area (Å²) in [4.78, 5) is 29.2. The van der Waals surface area contributed by atoms with Gasteiger partial charge in [0.1, 0.15) is 5.02 Å². The highest BCUT2D eigenvalue weighted by Gasteiger charge is 2.24. The smallest absolute Gasteiger partial charge is 0.292 e. The Morgan fingerprint density at radius 2 is 1.75 bits per heavy atom. The molecule has 0 N–H and O–H groups in total. The number of carbonyl (C=O) groups excluding carboxylic acids is 1. The van der Waals surface area contributed by atoms with E-state index < -0.39 is 0 Å². The lowest BCUT2D eigenvalue weighted by Crippen LogP contribution is -2.49. The molecule has 1 aromatic heterocycles. The first-order valence-corrected chi connectivity index (χ1v) is 12.1. The lowest BCUT2D eigenvalue weighted by atomic mass is 10.2. The van der Waals surface area contributed by atoms with E-state index in [0.717, 1.165) is 11.3 Å². The Morgan fingerprint density at radius 1 is 1.00 bits per heavy atom. The lowest BCUT2D eigenvalue weighted by molar-refractivity contribution is -0.128. The van der Waals surface area contributed by atoms with Crippen molar-refractivity contribution in [1.82, 2.24) is 14.7 Å². The Kier molecular flexibility index (Phi) is 7.40. The molecule has 3 aromatic rings. The lowest BCUT2D eigenvalue weighted by Gasteiger charge is -2.36. The fraction of sp³-hybridized carbons (Fsp3) is 0.261. The maximum atomic E-state index is 12.7. The molecule has 0 radical (unpaired) electrons. The largest absolute Gasteiger partial charge is 0.365 e.